The summed E-state index contributed by atoms with van der Waals surface area (Å²) in [5, 5.41) is 0. The molecule has 0 aromatic heterocycles. The maximum atomic E-state index is 11.8. The molecule has 0 aliphatic heterocycles. The van der Waals surface area contributed by atoms with E-state index in [2.05, 4.69) is 4.74 Å². The van der Waals surface area contributed by atoms with Crippen LogP contribution in [0.2, 0.25) is 0 Å². The second-order valence-corrected chi connectivity index (χ2v) is 2.45. The van der Waals surface area contributed by atoms with Crippen molar-refractivity contribution in [1.29, 1.82) is 0 Å². The van der Waals surface area contributed by atoms with Crippen molar-refractivity contribution in [3.05, 3.63) is 35.9 Å². The highest BCUT2D eigenvalue weighted by Gasteiger charge is 2.03. The molecular formula is C10H8F2O2. The normalized spacial score (nSPS) is 10.8. The first-order valence-corrected chi connectivity index (χ1v) is 3.89. The van der Waals surface area contributed by atoms with Gasteiger partial charge >= 0.3 is 6.61 Å². The summed E-state index contributed by atoms with van der Waals surface area (Å²) in [7, 11) is 0. The van der Waals surface area contributed by atoms with Gasteiger partial charge in [0.25, 0.3) is 0 Å². The van der Waals surface area contributed by atoms with Gasteiger partial charge in [0.15, 0.2) is 0 Å². The lowest BCUT2D eigenvalue weighted by Crippen LogP contribution is -2.01. The molecular weight excluding hydrogens is 190 g/mol. The van der Waals surface area contributed by atoms with Crippen LogP contribution < -0.4 is 4.74 Å². The zero-order valence-electron chi connectivity index (χ0n) is 7.19. The molecule has 0 atom stereocenters. The Labute approximate surface area is 79.8 Å². The van der Waals surface area contributed by atoms with E-state index in [9.17, 15) is 13.6 Å². The van der Waals surface area contributed by atoms with Gasteiger partial charge < -0.3 is 4.74 Å². The molecule has 0 saturated carbocycles. The van der Waals surface area contributed by atoms with Gasteiger partial charge in [0.2, 0.25) is 0 Å². The highest BCUT2D eigenvalue weighted by molar-refractivity contribution is 5.74. The van der Waals surface area contributed by atoms with E-state index in [0.29, 0.717) is 11.8 Å². The zero-order valence-corrected chi connectivity index (χ0v) is 7.19. The molecule has 0 fully saturated rings. The first-order chi connectivity index (χ1) is 6.72. The zero-order chi connectivity index (χ0) is 10.4. The van der Waals surface area contributed by atoms with Gasteiger partial charge in [-0.2, -0.15) is 8.78 Å². The quantitative estimate of drug-likeness (QED) is 0.548. The van der Waals surface area contributed by atoms with Crippen LogP contribution in [0.1, 0.15) is 5.56 Å². The lowest BCUT2D eigenvalue weighted by Gasteiger charge is -2.04. The number of benzene rings is 1. The molecule has 2 nitrogen and oxygen atoms in total. The number of hydrogen-bond acceptors (Lipinski definition) is 2. The molecule has 74 valence electrons. The van der Waals surface area contributed by atoms with Crippen LogP contribution in [-0.4, -0.2) is 12.9 Å². The Hall–Kier alpha value is -1.71. The average molecular weight is 198 g/mol. The van der Waals surface area contributed by atoms with Gasteiger partial charge in [0.1, 0.15) is 12.0 Å². The van der Waals surface area contributed by atoms with Gasteiger partial charge in [-0.3, -0.25) is 4.79 Å². The van der Waals surface area contributed by atoms with Crippen LogP contribution in [0.5, 0.6) is 5.75 Å². The third kappa shape index (κ3) is 3.35. The summed E-state index contributed by atoms with van der Waals surface area (Å²) in [4.78, 5) is 10.0. The van der Waals surface area contributed by atoms with Crippen molar-refractivity contribution < 1.29 is 18.3 Å². The molecule has 0 radical (unpaired) electrons. The van der Waals surface area contributed by atoms with Crippen LogP contribution in [0.25, 0.3) is 6.08 Å². The molecule has 0 unspecified atom stereocenters. The van der Waals surface area contributed by atoms with Gasteiger partial charge in [-0.1, -0.05) is 18.2 Å². The minimum atomic E-state index is -2.83. The van der Waals surface area contributed by atoms with Gasteiger partial charge in [-0.05, 0) is 23.8 Å². The number of allylic oxidation sites excluding steroid dienone is 1. The van der Waals surface area contributed by atoms with Crippen molar-refractivity contribution in [2.45, 2.75) is 6.61 Å². The fourth-order valence-corrected chi connectivity index (χ4v) is 0.945. The molecule has 4 heteroatoms. The lowest BCUT2D eigenvalue weighted by molar-refractivity contribution is -0.104. The lowest BCUT2D eigenvalue weighted by atomic mass is 10.2. The highest BCUT2D eigenvalue weighted by atomic mass is 19.3. The van der Waals surface area contributed by atoms with Gasteiger partial charge in [-0.25, -0.2) is 0 Å². The number of rotatable bonds is 4. The minimum absolute atomic E-state index is 0.0769. The predicted octanol–water partition coefficient (Wildman–Crippen LogP) is 2.50. The Morgan fingerprint density at radius 3 is 2.79 bits per heavy atom. The van der Waals surface area contributed by atoms with Crippen LogP contribution in [0.4, 0.5) is 8.78 Å². The highest BCUT2D eigenvalue weighted by Crippen LogP contribution is 2.16. The molecule has 0 aliphatic rings. The van der Waals surface area contributed by atoms with Crippen molar-refractivity contribution in [1.82, 2.24) is 0 Å². The molecule has 0 bridgehead atoms. The molecule has 0 amide bonds. The first-order valence-electron chi connectivity index (χ1n) is 3.89. The van der Waals surface area contributed by atoms with Crippen LogP contribution in [0.15, 0.2) is 30.3 Å². The summed E-state index contributed by atoms with van der Waals surface area (Å²) in [5.41, 5.74) is 0.634. The van der Waals surface area contributed by atoms with E-state index in [1.54, 1.807) is 12.1 Å². The van der Waals surface area contributed by atoms with Crippen molar-refractivity contribution in [3.8, 4) is 5.75 Å². The summed E-state index contributed by atoms with van der Waals surface area (Å²) in [6, 6.07) is 6.09. The summed E-state index contributed by atoms with van der Waals surface area (Å²) in [6.07, 6.45) is 3.40. The number of hydrogen-bond donors (Lipinski definition) is 0. The van der Waals surface area contributed by atoms with E-state index in [1.165, 1.54) is 24.3 Å². The first kappa shape index (κ1) is 10.4. The Bertz CT molecular complexity index is 335. The molecule has 0 saturated heterocycles. The maximum absolute atomic E-state index is 11.8. The fourth-order valence-electron chi connectivity index (χ4n) is 0.945. The van der Waals surface area contributed by atoms with E-state index in [0.717, 1.165) is 0 Å². The van der Waals surface area contributed by atoms with Crippen molar-refractivity contribution in [3.63, 3.8) is 0 Å². The van der Waals surface area contributed by atoms with E-state index in [1.807, 2.05) is 0 Å². The molecule has 14 heavy (non-hydrogen) atoms. The van der Waals surface area contributed by atoms with Gasteiger partial charge in [0, 0.05) is 0 Å². The number of halogens is 2. The number of alkyl halides is 2. The standard InChI is InChI=1S/C10H8F2O2/c11-10(12)14-9-5-1-3-8(7-9)4-2-6-13/h1-7,10H/b4-2+. The van der Waals surface area contributed by atoms with E-state index in [4.69, 9.17) is 0 Å². The molecule has 0 heterocycles. The summed E-state index contributed by atoms with van der Waals surface area (Å²) in [5.74, 6) is 0.0769. The number of ether oxygens (including phenoxy) is 1. The van der Waals surface area contributed by atoms with Crippen LogP contribution in [-0.2, 0) is 4.79 Å². The molecule has 0 N–H and O–H groups in total. The van der Waals surface area contributed by atoms with Gasteiger partial charge in [0.05, 0.1) is 0 Å². The average Bonchev–Trinajstić information content (AvgIpc) is 2.14. The second-order valence-electron chi connectivity index (χ2n) is 2.45. The number of carbonyl (C=O) groups is 1. The monoisotopic (exact) mass is 198 g/mol. The smallest absolute Gasteiger partial charge is 0.387 e. The second kappa shape index (κ2) is 5.11. The Kier molecular flexibility index (Phi) is 3.79. The Balaban J connectivity index is 2.78. The molecule has 0 spiro atoms. The SMILES string of the molecule is O=C/C=C/c1cccc(OC(F)F)c1. The third-order valence-electron chi connectivity index (χ3n) is 1.45. The van der Waals surface area contributed by atoms with E-state index < -0.39 is 6.61 Å². The van der Waals surface area contributed by atoms with E-state index in [-0.39, 0.29) is 5.75 Å². The fraction of sp³-hybridized carbons (Fsp3) is 0.100. The van der Waals surface area contributed by atoms with Crippen LogP contribution in [0, 0.1) is 0 Å². The summed E-state index contributed by atoms with van der Waals surface area (Å²) < 4.78 is 27.8. The van der Waals surface area contributed by atoms with Crippen LogP contribution >= 0.6 is 0 Å². The Morgan fingerprint density at radius 1 is 1.36 bits per heavy atom. The Morgan fingerprint density at radius 2 is 2.14 bits per heavy atom. The number of carbonyl (C=O) groups excluding carboxylic acids is 1. The number of aldehydes is 1. The van der Waals surface area contributed by atoms with Crippen molar-refractivity contribution >= 4 is 12.4 Å². The summed E-state index contributed by atoms with van der Waals surface area (Å²) >= 11 is 0. The minimum Gasteiger partial charge on any atom is -0.435 e. The van der Waals surface area contributed by atoms with Crippen LogP contribution in [0.3, 0.4) is 0 Å². The molecule has 1 aromatic rings. The van der Waals surface area contributed by atoms with Crippen molar-refractivity contribution in [2.24, 2.45) is 0 Å². The summed E-state index contributed by atoms with van der Waals surface area (Å²) in [6.45, 7) is -2.83. The maximum Gasteiger partial charge on any atom is 0.387 e. The van der Waals surface area contributed by atoms with E-state index >= 15 is 0 Å². The third-order valence-corrected chi connectivity index (χ3v) is 1.45. The largest absolute Gasteiger partial charge is 0.435 e. The molecule has 0 aliphatic carbocycles. The predicted molar refractivity (Wildman–Crippen MR) is 48.2 cm³/mol. The molecule has 1 aromatic carbocycles. The van der Waals surface area contributed by atoms with Gasteiger partial charge in [-0.15, -0.1) is 0 Å². The van der Waals surface area contributed by atoms with Crippen molar-refractivity contribution in [2.75, 3.05) is 0 Å². The topological polar surface area (TPSA) is 26.3 Å². The molecule has 1 rings (SSSR count).